The number of hydrogen-bond acceptors (Lipinski definition) is 7. The van der Waals surface area contributed by atoms with Crippen molar-refractivity contribution in [1.82, 2.24) is 24.3 Å². The predicted molar refractivity (Wildman–Crippen MR) is 123 cm³/mol. The molecule has 0 spiro atoms. The lowest BCUT2D eigenvalue weighted by molar-refractivity contribution is 0.292. The highest BCUT2D eigenvalue weighted by Gasteiger charge is 2.18. The summed E-state index contributed by atoms with van der Waals surface area (Å²) in [7, 11) is -3.55. The Morgan fingerprint density at radius 2 is 1.91 bits per heavy atom. The third-order valence-electron chi connectivity index (χ3n) is 4.85. The van der Waals surface area contributed by atoms with Crippen LogP contribution in [0.25, 0.3) is 11.5 Å². The summed E-state index contributed by atoms with van der Waals surface area (Å²) in [4.78, 5) is 20.9. The third-order valence-corrected chi connectivity index (χ3v) is 6.17. The Labute approximate surface area is 206 Å². The van der Waals surface area contributed by atoms with Crippen molar-refractivity contribution in [3.8, 4) is 17.3 Å². The van der Waals surface area contributed by atoms with E-state index in [1.165, 1.54) is 46.8 Å². The number of ether oxygens (including phenoxy) is 1. The van der Waals surface area contributed by atoms with Crippen molar-refractivity contribution in [2.75, 3.05) is 6.26 Å². The van der Waals surface area contributed by atoms with Gasteiger partial charge in [0.25, 0.3) is 5.56 Å². The van der Waals surface area contributed by atoms with Gasteiger partial charge in [0.1, 0.15) is 28.8 Å². The molecule has 9 nitrogen and oxygen atoms in total. The molecule has 0 atom stereocenters. The van der Waals surface area contributed by atoms with Crippen LogP contribution >= 0.6 is 11.6 Å². The summed E-state index contributed by atoms with van der Waals surface area (Å²) in [6.07, 6.45) is 4.51. The van der Waals surface area contributed by atoms with Crippen molar-refractivity contribution in [2.24, 2.45) is 0 Å². The van der Waals surface area contributed by atoms with E-state index in [0.29, 0.717) is 23.5 Å². The fourth-order valence-corrected chi connectivity index (χ4v) is 3.87. The average molecular weight is 524 g/mol. The zero-order chi connectivity index (χ0) is 27.3. The molecule has 0 aliphatic carbocycles. The molecular weight excluding hydrogens is 504 g/mol. The quantitative estimate of drug-likeness (QED) is 0.381. The van der Waals surface area contributed by atoms with Gasteiger partial charge >= 0.3 is 0 Å². The zero-order valence-electron chi connectivity index (χ0n) is 20.5. The molecule has 4 heterocycles. The SMILES string of the molecule is [2H]C([2H])(Oc1cc(C)n(-c2cc(-n3ccc(S(C)(=O)=O)n3)ncc2C)c(=O)c1Cl)c1ncc(F)cc1F. The number of rotatable bonds is 6. The molecule has 13 heteroatoms. The summed E-state index contributed by atoms with van der Waals surface area (Å²) >= 11 is 6.24. The lowest BCUT2D eigenvalue weighted by Gasteiger charge is -2.16. The topological polar surface area (TPSA) is 109 Å². The lowest BCUT2D eigenvalue weighted by atomic mass is 10.2. The van der Waals surface area contributed by atoms with Crippen LogP contribution in [0.3, 0.4) is 0 Å². The van der Waals surface area contributed by atoms with Gasteiger partial charge in [0.2, 0.25) is 0 Å². The Kier molecular flexibility index (Phi) is 5.74. The van der Waals surface area contributed by atoms with Crippen LogP contribution in [0.5, 0.6) is 5.75 Å². The summed E-state index contributed by atoms with van der Waals surface area (Å²) < 4.78 is 74.7. The third kappa shape index (κ3) is 4.93. The van der Waals surface area contributed by atoms with Crippen molar-refractivity contribution in [2.45, 2.75) is 25.4 Å². The molecule has 0 amide bonds. The smallest absolute Gasteiger partial charge is 0.277 e. The minimum Gasteiger partial charge on any atom is -0.485 e. The fourth-order valence-electron chi connectivity index (χ4n) is 3.15. The van der Waals surface area contributed by atoms with E-state index in [1.54, 1.807) is 6.92 Å². The van der Waals surface area contributed by atoms with E-state index >= 15 is 0 Å². The monoisotopic (exact) mass is 523 g/mol. The Morgan fingerprint density at radius 1 is 1.17 bits per heavy atom. The molecule has 4 aromatic rings. The van der Waals surface area contributed by atoms with Crippen LogP contribution in [0.15, 0.2) is 52.7 Å². The largest absolute Gasteiger partial charge is 0.485 e. The molecule has 0 radical (unpaired) electrons. The number of halogens is 3. The van der Waals surface area contributed by atoms with E-state index < -0.39 is 44.3 Å². The first-order chi connectivity index (χ1) is 17.2. The first kappa shape index (κ1) is 21.9. The number of aryl methyl sites for hydroxylation is 2. The fraction of sp³-hybridized carbons (Fsp3) is 0.182. The summed E-state index contributed by atoms with van der Waals surface area (Å²) in [6, 6.07) is 4.54. The molecule has 0 aliphatic rings. The van der Waals surface area contributed by atoms with Crippen LogP contribution < -0.4 is 10.3 Å². The summed E-state index contributed by atoms with van der Waals surface area (Å²) in [5, 5.41) is 3.34. The minimum absolute atomic E-state index is 0.157. The first-order valence-electron chi connectivity index (χ1n) is 10.8. The van der Waals surface area contributed by atoms with Crippen LogP contribution in [0, 0.1) is 25.5 Å². The second-order valence-electron chi connectivity index (χ2n) is 7.49. The van der Waals surface area contributed by atoms with Crippen molar-refractivity contribution in [3.63, 3.8) is 0 Å². The van der Waals surface area contributed by atoms with E-state index in [-0.39, 0.29) is 22.3 Å². The Balaban J connectivity index is 1.77. The maximum absolute atomic E-state index is 14.1. The van der Waals surface area contributed by atoms with Gasteiger partial charge in [-0.05, 0) is 25.5 Å². The maximum atomic E-state index is 14.1. The molecule has 0 saturated heterocycles. The minimum atomic E-state index is -3.55. The van der Waals surface area contributed by atoms with Crippen molar-refractivity contribution < 1.29 is 24.7 Å². The lowest BCUT2D eigenvalue weighted by Crippen LogP contribution is -2.23. The summed E-state index contributed by atoms with van der Waals surface area (Å²) in [5.41, 5.74) is -0.439. The molecule has 0 fully saturated rings. The number of sulfone groups is 1. The molecule has 35 heavy (non-hydrogen) atoms. The van der Waals surface area contributed by atoms with Crippen LogP contribution in [-0.4, -0.2) is 39.0 Å². The number of pyridine rings is 3. The molecule has 0 N–H and O–H groups in total. The molecule has 0 bridgehead atoms. The normalized spacial score (nSPS) is 12.9. The van der Waals surface area contributed by atoms with Crippen LogP contribution in [0.1, 0.15) is 19.7 Å². The summed E-state index contributed by atoms with van der Waals surface area (Å²) in [6.45, 7) is 0.332. The average Bonchev–Trinajstić information content (AvgIpc) is 3.29. The predicted octanol–water partition coefficient (Wildman–Crippen LogP) is 3.34. The number of aromatic nitrogens is 5. The van der Waals surface area contributed by atoms with Gasteiger partial charge in [0.05, 0.1) is 14.6 Å². The zero-order valence-corrected chi connectivity index (χ0v) is 20.0. The first-order valence-corrected chi connectivity index (χ1v) is 12.1. The van der Waals surface area contributed by atoms with Crippen LogP contribution in [0.2, 0.25) is 5.02 Å². The van der Waals surface area contributed by atoms with Crippen molar-refractivity contribution >= 4 is 21.4 Å². The van der Waals surface area contributed by atoms with Gasteiger partial charge in [-0.25, -0.2) is 26.9 Å². The van der Waals surface area contributed by atoms with Gasteiger partial charge in [-0.2, -0.15) is 5.10 Å². The van der Waals surface area contributed by atoms with Crippen LogP contribution in [0.4, 0.5) is 8.78 Å². The molecule has 182 valence electrons. The highest BCUT2D eigenvalue weighted by Crippen LogP contribution is 2.26. The van der Waals surface area contributed by atoms with Crippen molar-refractivity contribution in [1.29, 1.82) is 0 Å². The second kappa shape index (κ2) is 9.19. The molecule has 0 aromatic carbocycles. The van der Waals surface area contributed by atoms with Gasteiger partial charge < -0.3 is 4.74 Å². The van der Waals surface area contributed by atoms with Gasteiger partial charge in [0.15, 0.2) is 26.5 Å². The number of nitrogens with zero attached hydrogens (tertiary/aromatic N) is 5. The Morgan fingerprint density at radius 3 is 2.57 bits per heavy atom. The highest BCUT2D eigenvalue weighted by molar-refractivity contribution is 7.90. The molecule has 0 aliphatic heterocycles. The molecule has 0 saturated carbocycles. The molecule has 4 rings (SSSR count). The Hall–Kier alpha value is -3.64. The number of hydrogen-bond donors (Lipinski definition) is 0. The van der Waals surface area contributed by atoms with Gasteiger partial charge in [-0.15, -0.1) is 0 Å². The Bertz CT molecular complexity index is 1710. The second-order valence-corrected chi connectivity index (χ2v) is 9.83. The summed E-state index contributed by atoms with van der Waals surface area (Å²) in [5.74, 6) is -2.44. The molecule has 0 unspecified atom stereocenters. The van der Waals surface area contributed by atoms with E-state index in [4.69, 9.17) is 19.1 Å². The van der Waals surface area contributed by atoms with Gasteiger partial charge in [-0.1, -0.05) is 11.6 Å². The van der Waals surface area contributed by atoms with E-state index in [2.05, 4.69) is 15.1 Å². The molecule has 4 aromatic heterocycles. The van der Waals surface area contributed by atoms with E-state index in [9.17, 15) is 22.0 Å². The van der Waals surface area contributed by atoms with Gasteiger partial charge in [0, 0.05) is 42.5 Å². The highest BCUT2D eigenvalue weighted by atomic mass is 35.5. The standard InChI is InChI=1S/C22H18ClF2N5O4S/c1-12-9-27-19(29-5-4-20(28-29)35(3,32)33)8-17(12)30-13(2)6-18(21(23)22(30)31)34-11-16-15(25)7-14(24)10-26-16/h4-10H,11H2,1-3H3/i11D2. The van der Waals surface area contributed by atoms with E-state index in [1.807, 2.05) is 0 Å². The van der Waals surface area contributed by atoms with E-state index in [0.717, 1.165) is 6.26 Å². The maximum Gasteiger partial charge on any atom is 0.277 e. The molecular formula is C22H18ClF2N5O4S. The van der Waals surface area contributed by atoms with Crippen LogP contribution in [-0.2, 0) is 16.4 Å². The van der Waals surface area contributed by atoms with Crippen molar-refractivity contribution in [3.05, 3.63) is 86.8 Å². The van der Waals surface area contributed by atoms with Gasteiger partial charge in [-0.3, -0.25) is 14.3 Å².